The van der Waals surface area contributed by atoms with E-state index in [4.69, 9.17) is 0 Å². The maximum atomic E-state index is 13.9. The van der Waals surface area contributed by atoms with E-state index in [0.29, 0.717) is 29.9 Å². The van der Waals surface area contributed by atoms with Crippen molar-refractivity contribution < 1.29 is 27.6 Å². The quantitative estimate of drug-likeness (QED) is 0.532. The SMILES string of the molecule is CC(=O)Nc1ccc(N2C(=O)CC(N(C3CCCCC3)S(=O)(=O)c3ccc(NC(C)=O)cc3)C2=O)cc1. The highest BCUT2D eigenvalue weighted by atomic mass is 32.2. The lowest BCUT2D eigenvalue weighted by atomic mass is 9.94. The zero-order valence-electron chi connectivity index (χ0n) is 20.8. The Morgan fingerprint density at radius 2 is 1.35 bits per heavy atom. The first-order valence-electron chi connectivity index (χ1n) is 12.2. The van der Waals surface area contributed by atoms with Gasteiger partial charge in [-0.2, -0.15) is 4.31 Å². The van der Waals surface area contributed by atoms with Crippen molar-refractivity contribution >= 4 is 50.7 Å². The molecule has 2 aromatic rings. The van der Waals surface area contributed by atoms with Crippen LogP contribution in [0.15, 0.2) is 53.4 Å². The number of sulfonamides is 1. The van der Waals surface area contributed by atoms with Crippen LogP contribution in [0, 0.1) is 0 Å². The summed E-state index contributed by atoms with van der Waals surface area (Å²) in [5.74, 6) is -1.61. The number of amides is 4. The topological polar surface area (TPSA) is 133 Å². The third-order valence-electron chi connectivity index (χ3n) is 6.56. The summed E-state index contributed by atoms with van der Waals surface area (Å²) in [6, 6.07) is 10.5. The normalized spacial score (nSPS) is 18.8. The van der Waals surface area contributed by atoms with Gasteiger partial charge in [0.25, 0.3) is 5.91 Å². The van der Waals surface area contributed by atoms with E-state index in [1.165, 1.54) is 42.4 Å². The van der Waals surface area contributed by atoms with Gasteiger partial charge in [-0.15, -0.1) is 0 Å². The molecular weight excluding hydrogens is 496 g/mol. The fourth-order valence-corrected chi connectivity index (χ4v) is 6.80. The second-order valence-corrected chi connectivity index (χ2v) is 11.2. The summed E-state index contributed by atoms with van der Waals surface area (Å²) < 4.78 is 29.1. The number of anilines is 3. The lowest BCUT2D eigenvalue weighted by Crippen LogP contribution is -2.51. The third kappa shape index (κ3) is 5.72. The Morgan fingerprint density at radius 3 is 1.86 bits per heavy atom. The van der Waals surface area contributed by atoms with E-state index in [1.54, 1.807) is 24.3 Å². The number of benzene rings is 2. The average Bonchev–Trinajstić information content (AvgIpc) is 3.13. The van der Waals surface area contributed by atoms with Crippen molar-refractivity contribution in [1.82, 2.24) is 4.31 Å². The van der Waals surface area contributed by atoms with Gasteiger partial charge in [-0.05, 0) is 61.4 Å². The number of nitrogens with zero attached hydrogens (tertiary/aromatic N) is 2. The smallest absolute Gasteiger partial charge is 0.252 e. The Kier molecular flexibility index (Phi) is 7.74. The largest absolute Gasteiger partial charge is 0.326 e. The summed E-state index contributed by atoms with van der Waals surface area (Å²) in [5.41, 5.74) is 1.28. The summed E-state index contributed by atoms with van der Waals surface area (Å²) in [5, 5.41) is 5.24. The van der Waals surface area contributed by atoms with E-state index in [0.717, 1.165) is 24.2 Å². The minimum absolute atomic E-state index is 0.00876. The van der Waals surface area contributed by atoms with E-state index >= 15 is 0 Å². The van der Waals surface area contributed by atoms with E-state index in [-0.39, 0.29) is 23.1 Å². The lowest BCUT2D eigenvalue weighted by molar-refractivity contribution is -0.122. The van der Waals surface area contributed by atoms with Crippen LogP contribution in [0.25, 0.3) is 0 Å². The van der Waals surface area contributed by atoms with Gasteiger partial charge in [0.1, 0.15) is 6.04 Å². The van der Waals surface area contributed by atoms with Crippen molar-refractivity contribution in [2.24, 2.45) is 0 Å². The van der Waals surface area contributed by atoms with Gasteiger partial charge in [0.05, 0.1) is 17.0 Å². The fraction of sp³-hybridized carbons (Fsp3) is 0.385. The first-order chi connectivity index (χ1) is 17.6. The van der Waals surface area contributed by atoms with Gasteiger partial charge in [-0.1, -0.05) is 19.3 Å². The zero-order valence-corrected chi connectivity index (χ0v) is 21.6. The molecule has 11 heteroatoms. The van der Waals surface area contributed by atoms with E-state index < -0.39 is 33.9 Å². The monoisotopic (exact) mass is 526 g/mol. The van der Waals surface area contributed by atoms with Gasteiger partial charge in [0.15, 0.2) is 0 Å². The summed E-state index contributed by atoms with van der Waals surface area (Å²) in [7, 11) is -4.14. The van der Waals surface area contributed by atoms with Gasteiger partial charge in [-0.3, -0.25) is 19.2 Å². The van der Waals surface area contributed by atoms with Crippen LogP contribution in [0.1, 0.15) is 52.4 Å². The minimum atomic E-state index is -4.14. The molecule has 2 N–H and O–H groups in total. The second-order valence-electron chi connectivity index (χ2n) is 9.35. The number of nitrogens with one attached hydrogen (secondary N) is 2. The Hall–Kier alpha value is -3.57. The van der Waals surface area contributed by atoms with Crippen molar-refractivity contribution in [3.63, 3.8) is 0 Å². The fourth-order valence-electron chi connectivity index (χ4n) is 4.97. The molecule has 2 aliphatic rings. The summed E-state index contributed by atoms with van der Waals surface area (Å²) in [6.45, 7) is 2.73. The van der Waals surface area contributed by atoms with Crippen LogP contribution in [0.5, 0.6) is 0 Å². The zero-order chi connectivity index (χ0) is 26.7. The number of hydrogen-bond donors (Lipinski definition) is 2. The van der Waals surface area contributed by atoms with Crippen LogP contribution < -0.4 is 15.5 Å². The maximum absolute atomic E-state index is 13.9. The number of imide groups is 1. The van der Waals surface area contributed by atoms with Gasteiger partial charge in [0.2, 0.25) is 27.7 Å². The molecule has 0 spiro atoms. The lowest BCUT2D eigenvalue weighted by Gasteiger charge is -2.36. The molecule has 196 valence electrons. The Bertz CT molecular complexity index is 1300. The van der Waals surface area contributed by atoms with Gasteiger partial charge in [0, 0.05) is 31.3 Å². The van der Waals surface area contributed by atoms with Crippen molar-refractivity contribution in [1.29, 1.82) is 0 Å². The predicted octanol–water partition coefficient (Wildman–Crippen LogP) is 3.26. The molecule has 0 bridgehead atoms. The first kappa shape index (κ1) is 26.5. The van der Waals surface area contributed by atoms with Crippen molar-refractivity contribution in [3.8, 4) is 0 Å². The second kappa shape index (κ2) is 10.8. The number of rotatable bonds is 7. The van der Waals surface area contributed by atoms with Gasteiger partial charge < -0.3 is 10.6 Å². The van der Waals surface area contributed by atoms with Crippen LogP contribution in [-0.4, -0.2) is 48.4 Å². The Morgan fingerprint density at radius 1 is 0.838 bits per heavy atom. The minimum Gasteiger partial charge on any atom is -0.326 e. The molecule has 37 heavy (non-hydrogen) atoms. The summed E-state index contributed by atoms with van der Waals surface area (Å²) in [4.78, 5) is 50.3. The summed E-state index contributed by atoms with van der Waals surface area (Å²) in [6.07, 6.45) is 3.61. The van der Waals surface area contributed by atoms with Crippen molar-refractivity contribution in [2.75, 3.05) is 15.5 Å². The highest BCUT2D eigenvalue weighted by Crippen LogP contribution is 2.35. The predicted molar refractivity (Wildman–Crippen MR) is 138 cm³/mol. The molecule has 1 atom stereocenters. The Balaban J connectivity index is 1.66. The van der Waals surface area contributed by atoms with Crippen LogP contribution >= 0.6 is 0 Å². The molecule has 4 rings (SSSR count). The standard InChI is InChI=1S/C26H30N4O6S/c1-17(31)27-19-8-12-21(13-9-19)29-25(33)16-24(26(29)34)30(22-6-4-3-5-7-22)37(35,36)23-14-10-20(11-15-23)28-18(2)32/h8-15,22,24H,3-7,16H2,1-2H3,(H,27,31)(H,28,32). The Labute approximate surface area is 216 Å². The molecule has 1 aliphatic heterocycles. The molecule has 10 nitrogen and oxygen atoms in total. The molecule has 1 saturated heterocycles. The molecule has 2 aromatic carbocycles. The number of carbonyl (C=O) groups is 4. The van der Waals surface area contributed by atoms with Crippen LogP contribution in [0.2, 0.25) is 0 Å². The molecule has 1 saturated carbocycles. The van der Waals surface area contributed by atoms with Gasteiger partial charge in [-0.25, -0.2) is 13.3 Å². The molecule has 1 aliphatic carbocycles. The molecule has 2 fully saturated rings. The van der Waals surface area contributed by atoms with Crippen LogP contribution in [0.4, 0.5) is 17.1 Å². The summed E-state index contributed by atoms with van der Waals surface area (Å²) >= 11 is 0. The molecular formula is C26H30N4O6S. The van der Waals surface area contributed by atoms with Crippen molar-refractivity contribution in [2.45, 2.75) is 69.4 Å². The molecule has 1 heterocycles. The first-order valence-corrected chi connectivity index (χ1v) is 13.7. The molecule has 0 radical (unpaired) electrons. The van der Waals surface area contributed by atoms with E-state index in [2.05, 4.69) is 10.6 Å². The van der Waals surface area contributed by atoms with Crippen LogP contribution in [0.3, 0.4) is 0 Å². The number of carbonyl (C=O) groups excluding carboxylic acids is 4. The highest BCUT2D eigenvalue weighted by Gasteiger charge is 2.49. The number of hydrogen-bond acceptors (Lipinski definition) is 6. The van der Waals surface area contributed by atoms with Gasteiger partial charge >= 0.3 is 0 Å². The van der Waals surface area contributed by atoms with Crippen molar-refractivity contribution in [3.05, 3.63) is 48.5 Å². The highest BCUT2D eigenvalue weighted by molar-refractivity contribution is 7.89. The molecule has 1 unspecified atom stereocenters. The molecule has 0 aromatic heterocycles. The van der Waals surface area contributed by atoms with E-state index in [1.807, 2.05) is 0 Å². The molecule has 4 amide bonds. The van der Waals surface area contributed by atoms with Crippen LogP contribution in [-0.2, 0) is 29.2 Å². The average molecular weight is 527 g/mol. The van der Waals surface area contributed by atoms with E-state index in [9.17, 15) is 27.6 Å². The maximum Gasteiger partial charge on any atom is 0.252 e. The third-order valence-corrected chi connectivity index (χ3v) is 8.54.